The van der Waals surface area contributed by atoms with E-state index >= 15 is 0 Å². The summed E-state index contributed by atoms with van der Waals surface area (Å²) in [5, 5.41) is 23.1. The Morgan fingerprint density at radius 2 is 2.28 bits per heavy atom. The van der Waals surface area contributed by atoms with Gasteiger partial charge in [0.2, 0.25) is 0 Å². The van der Waals surface area contributed by atoms with E-state index in [0.29, 0.717) is 6.54 Å². The van der Waals surface area contributed by atoms with E-state index in [1.165, 1.54) is 11.3 Å². The van der Waals surface area contributed by atoms with Crippen molar-refractivity contribution in [3.05, 3.63) is 16.1 Å². The summed E-state index contributed by atoms with van der Waals surface area (Å²) < 4.78 is 0. The zero-order valence-electron chi connectivity index (χ0n) is 9.84. The van der Waals surface area contributed by atoms with Gasteiger partial charge in [0, 0.05) is 24.1 Å². The molecule has 7 nitrogen and oxygen atoms in total. The van der Waals surface area contributed by atoms with E-state index in [0.717, 1.165) is 9.88 Å². The Morgan fingerprint density at radius 1 is 1.56 bits per heavy atom. The topological polar surface area (TPSA) is 112 Å². The third kappa shape index (κ3) is 4.68. The maximum atomic E-state index is 11.4. The predicted octanol–water partition coefficient (Wildman–Crippen LogP) is 0.0863. The highest BCUT2D eigenvalue weighted by Crippen LogP contribution is 2.10. The molecule has 1 aromatic rings. The number of thiazole rings is 1. The van der Waals surface area contributed by atoms with Crippen LogP contribution < -0.4 is 10.6 Å². The minimum absolute atomic E-state index is 0.0254. The number of rotatable bonds is 6. The van der Waals surface area contributed by atoms with E-state index in [2.05, 4.69) is 15.6 Å². The van der Waals surface area contributed by atoms with Gasteiger partial charge in [-0.05, 0) is 6.92 Å². The summed E-state index contributed by atoms with van der Waals surface area (Å²) >= 11 is 1.46. The Morgan fingerprint density at radius 3 is 2.78 bits per heavy atom. The van der Waals surface area contributed by atoms with Gasteiger partial charge in [-0.25, -0.2) is 14.6 Å². The Kier molecular flexibility index (Phi) is 5.53. The molecule has 0 saturated heterocycles. The van der Waals surface area contributed by atoms with E-state index in [4.69, 9.17) is 10.2 Å². The summed E-state index contributed by atoms with van der Waals surface area (Å²) in [4.78, 5) is 27.1. The first-order valence-electron chi connectivity index (χ1n) is 5.32. The van der Waals surface area contributed by atoms with Gasteiger partial charge in [-0.2, -0.15) is 0 Å². The van der Waals surface area contributed by atoms with Crippen LogP contribution in [0.4, 0.5) is 4.79 Å². The van der Waals surface area contributed by atoms with Crippen molar-refractivity contribution >= 4 is 23.3 Å². The highest BCUT2D eigenvalue weighted by molar-refractivity contribution is 7.11. The number of aryl methyl sites for hydroxylation is 1. The van der Waals surface area contributed by atoms with Crippen molar-refractivity contribution in [1.82, 2.24) is 15.6 Å². The number of aliphatic carboxylic acids is 1. The van der Waals surface area contributed by atoms with Crippen molar-refractivity contribution in [3.63, 3.8) is 0 Å². The number of aliphatic hydroxyl groups excluding tert-OH is 1. The second-order valence-corrected chi connectivity index (χ2v) is 4.90. The van der Waals surface area contributed by atoms with Gasteiger partial charge in [0.05, 0.1) is 11.6 Å². The van der Waals surface area contributed by atoms with Crippen LogP contribution in [-0.2, 0) is 11.3 Å². The molecule has 1 heterocycles. The molecule has 0 aliphatic rings. The van der Waals surface area contributed by atoms with E-state index in [1.54, 1.807) is 6.20 Å². The summed E-state index contributed by atoms with van der Waals surface area (Å²) in [7, 11) is 0. The van der Waals surface area contributed by atoms with E-state index < -0.39 is 18.0 Å². The quantitative estimate of drug-likeness (QED) is 0.587. The molecule has 8 heteroatoms. The minimum Gasteiger partial charge on any atom is -0.480 e. The molecule has 0 bridgehead atoms. The van der Waals surface area contributed by atoms with Gasteiger partial charge in [0.15, 0.2) is 0 Å². The lowest BCUT2D eigenvalue weighted by atomic mass is 10.2. The molecular formula is C10H15N3O4S. The molecule has 1 atom stereocenters. The molecule has 2 amide bonds. The van der Waals surface area contributed by atoms with Gasteiger partial charge in [-0.1, -0.05) is 0 Å². The standard InChI is InChI=1S/C10H15N3O4S/c1-6-11-4-7(18-6)5-12-10(17)13-8(2-3-14)9(15)16/h4,8,14H,2-3,5H2,1H3,(H,15,16)(H2,12,13,17)/t8-/m1/s1. The summed E-state index contributed by atoms with van der Waals surface area (Å²) in [6, 6.07) is -1.67. The first-order valence-corrected chi connectivity index (χ1v) is 6.14. The van der Waals surface area contributed by atoms with Gasteiger partial charge in [-0.15, -0.1) is 11.3 Å². The first-order chi connectivity index (χ1) is 8.52. The van der Waals surface area contributed by atoms with Crippen molar-refractivity contribution < 1.29 is 19.8 Å². The highest BCUT2D eigenvalue weighted by Gasteiger charge is 2.18. The molecule has 0 saturated carbocycles. The van der Waals surface area contributed by atoms with Gasteiger partial charge in [-0.3, -0.25) is 0 Å². The summed E-state index contributed by atoms with van der Waals surface area (Å²) in [5.41, 5.74) is 0. The van der Waals surface area contributed by atoms with Gasteiger partial charge < -0.3 is 20.8 Å². The molecule has 0 aromatic carbocycles. The second-order valence-electron chi connectivity index (χ2n) is 3.58. The second kappa shape index (κ2) is 6.92. The summed E-state index contributed by atoms with van der Waals surface area (Å²) in [6.07, 6.45) is 1.63. The Hall–Kier alpha value is -1.67. The molecule has 0 aliphatic carbocycles. The largest absolute Gasteiger partial charge is 0.480 e. The minimum atomic E-state index is -1.17. The number of nitrogens with zero attached hydrogens (tertiary/aromatic N) is 1. The smallest absolute Gasteiger partial charge is 0.326 e. The van der Waals surface area contributed by atoms with Gasteiger partial charge >= 0.3 is 12.0 Å². The molecule has 100 valence electrons. The number of hydrogen-bond donors (Lipinski definition) is 4. The predicted molar refractivity (Wildman–Crippen MR) is 65.3 cm³/mol. The van der Waals surface area contributed by atoms with Crippen LogP contribution in [0.3, 0.4) is 0 Å². The van der Waals surface area contributed by atoms with Crippen molar-refractivity contribution in [2.75, 3.05) is 6.61 Å². The third-order valence-corrected chi connectivity index (χ3v) is 3.03. The number of aromatic nitrogens is 1. The Balaban J connectivity index is 2.38. The van der Waals surface area contributed by atoms with Gasteiger partial charge in [0.1, 0.15) is 6.04 Å². The van der Waals surface area contributed by atoms with Crippen LogP contribution in [0.1, 0.15) is 16.3 Å². The maximum absolute atomic E-state index is 11.4. The van der Waals surface area contributed by atoms with Crippen LogP contribution in [-0.4, -0.2) is 39.8 Å². The average Bonchev–Trinajstić information content (AvgIpc) is 2.72. The molecule has 0 unspecified atom stereocenters. The zero-order valence-corrected chi connectivity index (χ0v) is 10.7. The number of carbonyl (C=O) groups is 2. The molecule has 1 aromatic heterocycles. The normalized spacial score (nSPS) is 11.9. The molecule has 18 heavy (non-hydrogen) atoms. The van der Waals surface area contributed by atoms with Crippen LogP contribution in [0.2, 0.25) is 0 Å². The fourth-order valence-electron chi connectivity index (χ4n) is 1.25. The summed E-state index contributed by atoms with van der Waals surface area (Å²) in [6.45, 7) is 1.85. The third-order valence-electron chi connectivity index (χ3n) is 2.11. The molecular weight excluding hydrogens is 258 g/mol. The van der Waals surface area contributed by atoms with E-state index in [9.17, 15) is 9.59 Å². The number of nitrogens with one attached hydrogen (secondary N) is 2. The molecule has 0 aliphatic heterocycles. The monoisotopic (exact) mass is 273 g/mol. The lowest BCUT2D eigenvalue weighted by Crippen LogP contribution is -2.46. The molecule has 4 N–H and O–H groups in total. The van der Waals surface area contributed by atoms with Crippen LogP contribution in [0.25, 0.3) is 0 Å². The van der Waals surface area contributed by atoms with Crippen LogP contribution >= 0.6 is 11.3 Å². The first kappa shape index (κ1) is 14.4. The molecule has 1 rings (SSSR count). The van der Waals surface area contributed by atoms with Gasteiger partial charge in [0.25, 0.3) is 0 Å². The number of urea groups is 1. The van der Waals surface area contributed by atoms with Crippen LogP contribution in [0.15, 0.2) is 6.20 Å². The molecule has 0 spiro atoms. The highest BCUT2D eigenvalue weighted by atomic mass is 32.1. The molecule has 0 radical (unpaired) electrons. The maximum Gasteiger partial charge on any atom is 0.326 e. The number of carboxylic acid groups (broad SMARTS) is 1. The Labute approximate surface area is 108 Å². The number of amides is 2. The zero-order chi connectivity index (χ0) is 13.5. The SMILES string of the molecule is Cc1ncc(CNC(=O)N[C@H](CCO)C(=O)O)s1. The number of carboxylic acids is 1. The van der Waals surface area contributed by atoms with Crippen LogP contribution in [0, 0.1) is 6.92 Å². The summed E-state index contributed by atoms with van der Waals surface area (Å²) in [5.74, 6) is -1.17. The Bertz CT molecular complexity index is 421. The number of hydrogen-bond acceptors (Lipinski definition) is 5. The average molecular weight is 273 g/mol. The molecule has 0 fully saturated rings. The fraction of sp³-hybridized carbons (Fsp3) is 0.500. The van der Waals surface area contributed by atoms with Crippen molar-refractivity contribution in [1.29, 1.82) is 0 Å². The van der Waals surface area contributed by atoms with Crippen LogP contribution in [0.5, 0.6) is 0 Å². The number of aliphatic hydroxyl groups is 1. The fourth-order valence-corrected chi connectivity index (χ4v) is 1.98. The van der Waals surface area contributed by atoms with Crippen molar-refractivity contribution in [2.45, 2.75) is 25.9 Å². The van der Waals surface area contributed by atoms with E-state index in [1.807, 2.05) is 6.92 Å². The van der Waals surface area contributed by atoms with Crippen molar-refractivity contribution in [3.8, 4) is 0 Å². The lowest BCUT2D eigenvalue weighted by molar-refractivity contribution is -0.139. The number of carbonyl (C=O) groups excluding carboxylic acids is 1. The van der Waals surface area contributed by atoms with Crippen molar-refractivity contribution in [2.24, 2.45) is 0 Å². The van der Waals surface area contributed by atoms with E-state index in [-0.39, 0.29) is 13.0 Å². The lowest BCUT2D eigenvalue weighted by Gasteiger charge is -2.13.